The van der Waals surface area contributed by atoms with Crippen molar-refractivity contribution in [2.24, 2.45) is 11.7 Å². The van der Waals surface area contributed by atoms with Gasteiger partial charge in [-0.15, -0.1) is 0 Å². The first-order valence-electron chi connectivity index (χ1n) is 7.33. The molecule has 4 nitrogen and oxygen atoms in total. The van der Waals surface area contributed by atoms with Crippen LogP contribution in [0.3, 0.4) is 0 Å². The second kappa shape index (κ2) is 7.74. The Bertz CT molecular complexity index is 251. The smallest absolute Gasteiger partial charge is 0.237 e. The number of carbonyl (C=O) groups excluding carboxylic acids is 1. The van der Waals surface area contributed by atoms with Crippen LogP contribution in [0.15, 0.2) is 0 Å². The van der Waals surface area contributed by atoms with Crippen LogP contribution in [0.5, 0.6) is 0 Å². The summed E-state index contributed by atoms with van der Waals surface area (Å²) in [5.74, 6) is 0.237. The standard InChI is InChI=1S/C14H29N3O/c1-4-11(2)13(15)14(18)16-12(3)10-17-8-6-5-7-9-17/h11-13H,4-10,15H2,1-3H3,(H,16,18)/t11?,12?,13-/m0/s1. The molecule has 1 fully saturated rings. The fraction of sp³-hybridized carbons (Fsp3) is 0.929. The third kappa shape index (κ3) is 4.94. The Labute approximate surface area is 111 Å². The van der Waals surface area contributed by atoms with Crippen LogP contribution in [-0.4, -0.2) is 42.5 Å². The minimum atomic E-state index is -0.376. The highest BCUT2D eigenvalue weighted by molar-refractivity contribution is 5.82. The summed E-state index contributed by atoms with van der Waals surface area (Å²) in [6, 6.07) is -0.190. The minimum absolute atomic E-state index is 0.00569. The molecule has 0 radical (unpaired) electrons. The molecule has 106 valence electrons. The fourth-order valence-electron chi connectivity index (χ4n) is 2.43. The number of nitrogens with two attached hydrogens (primary N) is 1. The minimum Gasteiger partial charge on any atom is -0.351 e. The van der Waals surface area contributed by atoms with Gasteiger partial charge in [0.25, 0.3) is 0 Å². The summed E-state index contributed by atoms with van der Waals surface area (Å²) in [7, 11) is 0. The molecule has 3 N–H and O–H groups in total. The Morgan fingerprint density at radius 1 is 1.28 bits per heavy atom. The van der Waals surface area contributed by atoms with E-state index < -0.39 is 0 Å². The van der Waals surface area contributed by atoms with Crippen LogP contribution in [0.1, 0.15) is 46.5 Å². The lowest BCUT2D eigenvalue weighted by atomic mass is 9.99. The number of nitrogens with zero attached hydrogens (tertiary/aromatic N) is 1. The topological polar surface area (TPSA) is 58.4 Å². The lowest BCUT2D eigenvalue weighted by Gasteiger charge is -2.30. The van der Waals surface area contributed by atoms with Gasteiger partial charge >= 0.3 is 0 Å². The Morgan fingerprint density at radius 2 is 1.89 bits per heavy atom. The maximum atomic E-state index is 11.9. The highest BCUT2D eigenvalue weighted by Crippen LogP contribution is 2.09. The summed E-state index contributed by atoms with van der Waals surface area (Å²) in [6.07, 6.45) is 4.85. The molecule has 4 heteroatoms. The zero-order valence-corrected chi connectivity index (χ0v) is 12.1. The molecule has 0 aromatic carbocycles. The predicted octanol–water partition coefficient (Wildman–Crippen LogP) is 1.35. The first-order valence-corrected chi connectivity index (χ1v) is 7.33. The molecule has 0 saturated carbocycles. The molecule has 1 aliphatic heterocycles. The molecular formula is C14H29N3O. The normalized spacial score (nSPS) is 22.2. The number of hydrogen-bond donors (Lipinski definition) is 2. The van der Waals surface area contributed by atoms with Crippen molar-refractivity contribution in [2.75, 3.05) is 19.6 Å². The van der Waals surface area contributed by atoms with E-state index in [2.05, 4.69) is 24.1 Å². The average Bonchev–Trinajstić information content (AvgIpc) is 2.37. The monoisotopic (exact) mass is 255 g/mol. The molecule has 2 unspecified atom stereocenters. The van der Waals surface area contributed by atoms with Gasteiger partial charge in [-0.2, -0.15) is 0 Å². The lowest BCUT2D eigenvalue weighted by molar-refractivity contribution is -0.124. The largest absolute Gasteiger partial charge is 0.351 e. The van der Waals surface area contributed by atoms with Crippen LogP contribution in [0.25, 0.3) is 0 Å². The molecule has 1 heterocycles. The van der Waals surface area contributed by atoms with E-state index >= 15 is 0 Å². The summed E-state index contributed by atoms with van der Waals surface area (Å²) >= 11 is 0. The van der Waals surface area contributed by atoms with Crippen molar-refractivity contribution in [1.29, 1.82) is 0 Å². The van der Waals surface area contributed by atoms with Crippen molar-refractivity contribution in [3.05, 3.63) is 0 Å². The fourth-order valence-corrected chi connectivity index (χ4v) is 2.43. The molecule has 1 aliphatic rings. The van der Waals surface area contributed by atoms with Gasteiger partial charge in [-0.25, -0.2) is 0 Å². The maximum absolute atomic E-state index is 11.9. The van der Waals surface area contributed by atoms with Crippen LogP contribution < -0.4 is 11.1 Å². The van der Waals surface area contributed by atoms with Crippen molar-refractivity contribution in [2.45, 2.75) is 58.5 Å². The van der Waals surface area contributed by atoms with Gasteiger partial charge in [0.15, 0.2) is 0 Å². The molecule has 3 atom stereocenters. The number of carbonyl (C=O) groups is 1. The van der Waals surface area contributed by atoms with Crippen molar-refractivity contribution in [3.8, 4) is 0 Å². The van der Waals surface area contributed by atoms with E-state index in [0.717, 1.165) is 26.1 Å². The van der Waals surface area contributed by atoms with E-state index in [0.29, 0.717) is 0 Å². The second-order valence-corrected chi connectivity index (χ2v) is 5.68. The van der Waals surface area contributed by atoms with E-state index in [4.69, 9.17) is 5.73 Å². The SMILES string of the molecule is CCC(C)[C@H](N)C(=O)NC(C)CN1CCCCC1. The molecule has 0 aliphatic carbocycles. The van der Waals surface area contributed by atoms with Crippen LogP contribution in [0.4, 0.5) is 0 Å². The maximum Gasteiger partial charge on any atom is 0.237 e. The van der Waals surface area contributed by atoms with Gasteiger partial charge in [0, 0.05) is 12.6 Å². The van der Waals surface area contributed by atoms with Crippen LogP contribution in [-0.2, 0) is 4.79 Å². The van der Waals surface area contributed by atoms with Crippen molar-refractivity contribution in [1.82, 2.24) is 10.2 Å². The first-order chi connectivity index (χ1) is 8.54. The zero-order valence-electron chi connectivity index (χ0n) is 12.1. The predicted molar refractivity (Wildman–Crippen MR) is 75.3 cm³/mol. The van der Waals surface area contributed by atoms with E-state index in [-0.39, 0.29) is 23.9 Å². The lowest BCUT2D eigenvalue weighted by Crippen LogP contribution is -2.50. The molecule has 0 aromatic heterocycles. The molecular weight excluding hydrogens is 226 g/mol. The van der Waals surface area contributed by atoms with Gasteiger partial charge < -0.3 is 16.0 Å². The molecule has 0 spiro atoms. The van der Waals surface area contributed by atoms with E-state index in [1.807, 2.05) is 6.92 Å². The Kier molecular flexibility index (Phi) is 6.65. The third-order valence-corrected chi connectivity index (χ3v) is 3.93. The number of hydrogen-bond acceptors (Lipinski definition) is 3. The first kappa shape index (κ1) is 15.4. The van der Waals surface area contributed by atoms with Gasteiger partial charge in [-0.05, 0) is 38.8 Å². The van der Waals surface area contributed by atoms with Gasteiger partial charge in [-0.3, -0.25) is 4.79 Å². The summed E-state index contributed by atoms with van der Waals surface area (Å²) in [5.41, 5.74) is 5.93. The van der Waals surface area contributed by atoms with Crippen molar-refractivity contribution >= 4 is 5.91 Å². The molecule has 0 aromatic rings. The summed E-state index contributed by atoms with van der Waals surface area (Å²) in [4.78, 5) is 14.4. The quantitative estimate of drug-likeness (QED) is 0.753. The summed E-state index contributed by atoms with van der Waals surface area (Å²) < 4.78 is 0. The van der Waals surface area contributed by atoms with Gasteiger partial charge in [0.05, 0.1) is 6.04 Å². The highest BCUT2D eigenvalue weighted by atomic mass is 16.2. The highest BCUT2D eigenvalue weighted by Gasteiger charge is 2.21. The van der Waals surface area contributed by atoms with Gasteiger partial charge in [0.2, 0.25) is 5.91 Å². The Balaban J connectivity index is 2.29. The van der Waals surface area contributed by atoms with Crippen molar-refractivity contribution in [3.63, 3.8) is 0 Å². The summed E-state index contributed by atoms with van der Waals surface area (Å²) in [5, 5.41) is 3.04. The molecule has 18 heavy (non-hydrogen) atoms. The Morgan fingerprint density at radius 3 is 2.44 bits per heavy atom. The van der Waals surface area contributed by atoms with E-state index in [1.165, 1.54) is 19.3 Å². The summed E-state index contributed by atoms with van der Waals surface area (Å²) in [6.45, 7) is 9.43. The molecule has 1 saturated heterocycles. The number of piperidine rings is 1. The van der Waals surface area contributed by atoms with Crippen LogP contribution in [0, 0.1) is 5.92 Å². The van der Waals surface area contributed by atoms with Crippen LogP contribution in [0.2, 0.25) is 0 Å². The number of nitrogens with one attached hydrogen (secondary N) is 1. The molecule has 1 amide bonds. The van der Waals surface area contributed by atoms with Crippen LogP contribution >= 0.6 is 0 Å². The third-order valence-electron chi connectivity index (χ3n) is 3.93. The molecule has 0 bridgehead atoms. The van der Waals surface area contributed by atoms with Crippen molar-refractivity contribution < 1.29 is 4.79 Å². The van der Waals surface area contributed by atoms with E-state index in [9.17, 15) is 4.79 Å². The second-order valence-electron chi connectivity index (χ2n) is 5.68. The van der Waals surface area contributed by atoms with E-state index in [1.54, 1.807) is 0 Å². The van der Waals surface area contributed by atoms with Gasteiger partial charge in [-0.1, -0.05) is 26.7 Å². The zero-order chi connectivity index (χ0) is 13.5. The number of rotatable bonds is 6. The number of amides is 1. The average molecular weight is 255 g/mol. The Hall–Kier alpha value is -0.610. The molecule has 1 rings (SSSR count). The van der Waals surface area contributed by atoms with Gasteiger partial charge in [0.1, 0.15) is 0 Å². The number of likely N-dealkylation sites (tertiary alicyclic amines) is 1.